The molecule has 1 aromatic heterocycles. The van der Waals surface area contributed by atoms with Crippen LogP contribution in [-0.2, 0) is 0 Å². The molecule has 0 saturated heterocycles. The minimum absolute atomic E-state index is 0.422. The summed E-state index contributed by atoms with van der Waals surface area (Å²) >= 11 is 0. The SMILES string of the molecule is COc1cc2ncc(C#N)c(Nc3ccc(Oc4ccccc4OC)cc3)c2cc1OCCCN(C)C. The number of benzene rings is 3. The first-order chi connectivity index (χ1) is 18.0. The topological polar surface area (TPSA) is 88.9 Å². The number of nitrogens with zero attached hydrogens (tertiary/aromatic N) is 3. The van der Waals surface area contributed by atoms with Gasteiger partial charge in [-0.15, -0.1) is 0 Å². The molecule has 4 aromatic rings. The largest absolute Gasteiger partial charge is 0.493 e. The molecule has 0 radical (unpaired) electrons. The van der Waals surface area contributed by atoms with Gasteiger partial charge in [0.2, 0.25) is 0 Å². The van der Waals surface area contributed by atoms with E-state index in [-0.39, 0.29) is 0 Å². The standard InChI is InChI=1S/C29H30N4O4/c1-33(2)14-7-15-36-28-16-23-24(17-27(28)35-4)31-19-20(18-30)29(23)32-21-10-12-22(13-11-21)37-26-9-6-5-8-25(26)34-3/h5-6,8-13,16-17,19H,7,14-15H2,1-4H3,(H,31,32). The van der Waals surface area contributed by atoms with Gasteiger partial charge in [0.1, 0.15) is 11.8 Å². The summed E-state index contributed by atoms with van der Waals surface area (Å²) in [4.78, 5) is 6.57. The first-order valence-electron chi connectivity index (χ1n) is 11.9. The molecule has 0 amide bonds. The average Bonchev–Trinajstić information content (AvgIpc) is 2.92. The van der Waals surface area contributed by atoms with Gasteiger partial charge in [-0.05, 0) is 63.0 Å². The molecular formula is C29H30N4O4. The van der Waals surface area contributed by atoms with Gasteiger partial charge in [-0.3, -0.25) is 4.98 Å². The van der Waals surface area contributed by atoms with E-state index in [4.69, 9.17) is 18.9 Å². The number of ether oxygens (including phenoxy) is 4. The highest BCUT2D eigenvalue weighted by molar-refractivity contribution is 5.97. The second-order valence-corrected chi connectivity index (χ2v) is 8.59. The number of nitrogens with one attached hydrogen (secondary N) is 1. The van der Waals surface area contributed by atoms with Crippen LogP contribution in [0.3, 0.4) is 0 Å². The molecule has 0 aliphatic rings. The smallest absolute Gasteiger partial charge is 0.169 e. The second kappa shape index (κ2) is 12.0. The molecule has 8 nitrogen and oxygen atoms in total. The molecule has 3 aromatic carbocycles. The first kappa shape index (κ1) is 25.6. The van der Waals surface area contributed by atoms with Gasteiger partial charge in [0, 0.05) is 29.9 Å². The molecular weight excluding hydrogens is 468 g/mol. The normalized spacial score (nSPS) is 10.7. The predicted octanol–water partition coefficient (Wildman–Crippen LogP) is 5.99. The van der Waals surface area contributed by atoms with Crippen molar-refractivity contribution < 1.29 is 18.9 Å². The molecule has 0 atom stereocenters. The molecule has 1 N–H and O–H groups in total. The Balaban J connectivity index is 1.61. The van der Waals surface area contributed by atoms with Crippen molar-refractivity contribution in [1.29, 1.82) is 5.26 Å². The fourth-order valence-corrected chi connectivity index (χ4v) is 3.84. The van der Waals surface area contributed by atoms with E-state index >= 15 is 0 Å². The Bertz CT molecular complexity index is 1400. The maximum absolute atomic E-state index is 9.79. The summed E-state index contributed by atoms with van der Waals surface area (Å²) in [5, 5.41) is 13.9. The predicted molar refractivity (Wildman–Crippen MR) is 144 cm³/mol. The number of methoxy groups -OCH3 is 2. The highest BCUT2D eigenvalue weighted by Crippen LogP contribution is 2.38. The number of anilines is 2. The van der Waals surface area contributed by atoms with Crippen LogP contribution in [0.15, 0.2) is 66.9 Å². The third-order valence-electron chi connectivity index (χ3n) is 5.70. The fraction of sp³-hybridized carbons (Fsp3) is 0.241. The number of rotatable bonds is 11. The van der Waals surface area contributed by atoms with Crippen LogP contribution in [0.2, 0.25) is 0 Å². The maximum atomic E-state index is 9.79. The number of nitriles is 1. The molecule has 0 aliphatic carbocycles. The molecule has 0 bridgehead atoms. The van der Waals surface area contributed by atoms with Crippen LogP contribution in [0.1, 0.15) is 12.0 Å². The van der Waals surface area contributed by atoms with Crippen molar-refractivity contribution >= 4 is 22.3 Å². The molecule has 0 spiro atoms. The lowest BCUT2D eigenvalue weighted by Gasteiger charge is -2.16. The lowest BCUT2D eigenvalue weighted by atomic mass is 10.1. The third-order valence-corrected chi connectivity index (χ3v) is 5.70. The summed E-state index contributed by atoms with van der Waals surface area (Å²) in [7, 11) is 7.27. The summed E-state index contributed by atoms with van der Waals surface area (Å²) in [5.74, 6) is 3.15. The zero-order valence-corrected chi connectivity index (χ0v) is 21.4. The number of pyridine rings is 1. The van der Waals surface area contributed by atoms with E-state index in [0.29, 0.717) is 52.1 Å². The highest BCUT2D eigenvalue weighted by Gasteiger charge is 2.15. The quantitative estimate of drug-likeness (QED) is 0.252. The maximum Gasteiger partial charge on any atom is 0.169 e. The van der Waals surface area contributed by atoms with Crippen molar-refractivity contribution in [2.45, 2.75) is 6.42 Å². The molecule has 1 heterocycles. The molecule has 0 fully saturated rings. The molecule has 4 rings (SSSR count). The number of hydrogen-bond donors (Lipinski definition) is 1. The van der Waals surface area contributed by atoms with Gasteiger partial charge in [0.25, 0.3) is 0 Å². The number of para-hydroxylation sites is 2. The van der Waals surface area contributed by atoms with Crippen molar-refractivity contribution in [3.63, 3.8) is 0 Å². The van der Waals surface area contributed by atoms with Crippen molar-refractivity contribution in [1.82, 2.24) is 9.88 Å². The summed E-state index contributed by atoms with van der Waals surface area (Å²) in [6.07, 6.45) is 2.43. The van der Waals surface area contributed by atoms with Crippen LogP contribution in [-0.4, -0.2) is 51.4 Å². The molecule has 37 heavy (non-hydrogen) atoms. The molecule has 0 unspecified atom stereocenters. The fourth-order valence-electron chi connectivity index (χ4n) is 3.84. The molecule has 0 aliphatic heterocycles. The zero-order valence-electron chi connectivity index (χ0n) is 21.4. The summed E-state index contributed by atoms with van der Waals surface area (Å²) < 4.78 is 22.9. The third kappa shape index (κ3) is 6.21. The Kier molecular flexibility index (Phi) is 8.29. The van der Waals surface area contributed by atoms with Crippen LogP contribution in [0, 0.1) is 11.3 Å². The van der Waals surface area contributed by atoms with Crippen molar-refractivity contribution in [3.05, 3.63) is 72.4 Å². The van der Waals surface area contributed by atoms with Gasteiger partial charge in [-0.1, -0.05) is 12.1 Å². The van der Waals surface area contributed by atoms with Gasteiger partial charge in [0.15, 0.2) is 23.0 Å². The second-order valence-electron chi connectivity index (χ2n) is 8.59. The van der Waals surface area contributed by atoms with Gasteiger partial charge in [0.05, 0.1) is 37.6 Å². The number of fused-ring (bicyclic) bond motifs is 1. The minimum Gasteiger partial charge on any atom is -0.493 e. The van der Waals surface area contributed by atoms with E-state index < -0.39 is 0 Å². The zero-order chi connectivity index (χ0) is 26.2. The van der Waals surface area contributed by atoms with Crippen LogP contribution in [0.5, 0.6) is 28.7 Å². The van der Waals surface area contributed by atoms with Crippen LogP contribution in [0.4, 0.5) is 11.4 Å². The Labute approximate surface area is 217 Å². The van der Waals surface area contributed by atoms with Crippen molar-refractivity contribution in [3.8, 4) is 34.8 Å². The minimum atomic E-state index is 0.422. The molecule has 190 valence electrons. The molecule has 0 saturated carbocycles. The Hall–Kier alpha value is -4.48. The van der Waals surface area contributed by atoms with E-state index in [0.717, 1.165) is 24.0 Å². The Morgan fingerprint density at radius 3 is 2.32 bits per heavy atom. The average molecular weight is 499 g/mol. The van der Waals surface area contributed by atoms with E-state index in [9.17, 15) is 5.26 Å². The summed E-state index contributed by atoms with van der Waals surface area (Å²) in [5.41, 5.74) is 2.55. The van der Waals surface area contributed by atoms with Crippen LogP contribution < -0.4 is 24.3 Å². The molecule has 8 heteroatoms. The van der Waals surface area contributed by atoms with E-state index in [2.05, 4.69) is 21.3 Å². The van der Waals surface area contributed by atoms with E-state index in [1.807, 2.05) is 74.8 Å². The van der Waals surface area contributed by atoms with E-state index in [1.165, 1.54) is 0 Å². The highest BCUT2D eigenvalue weighted by atomic mass is 16.5. The number of hydrogen-bond acceptors (Lipinski definition) is 8. The van der Waals surface area contributed by atoms with Gasteiger partial charge >= 0.3 is 0 Å². The van der Waals surface area contributed by atoms with Gasteiger partial charge in [-0.25, -0.2) is 0 Å². The Morgan fingerprint density at radius 2 is 1.65 bits per heavy atom. The number of aromatic nitrogens is 1. The monoisotopic (exact) mass is 498 g/mol. The Morgan fingerprint density at radius 1 is 0.919 bits per heavy atom. The lowest BCUT2D eigenvalue weighted by molar-refractivity contribution is 0.268. The van der Waals surface area contributed by atoms with Crippen LogP contribution in [0.25, 0.3) is 10.9 Å². The van der Waals surface area contributed by atoms with Crippen LogP contribution >= 0.6 is 0 Å². The first-order valence-corrected chi connectivity index (χ1v) is 11.9. The van der Waals surface area contributed by atoms with Crippen molar-refractivity contribution in [2.75, 3.05) is 46.8 Å². The van der Waals surface area contributed by atoms with Gasteiger partial charge < -0.3 is 29.2 Å². The summed E-state index contributed by atoms with van der Waals surface area (Å²) in [6, 6.07) is 20.9. The lowest BCUT2D eigenvalue weighted by Crippen LogP contribution is -2.15. The van der Waals surface area contributed by atoms with Gasteiger partial charge in [-0.2, -0.15) is 5.26 Å². The van der Waals surface area contributed by atoms with E-state index in [1.54, 1.807) is 20.4 Å². The summed E-state index contributed by atoms with van der Waals surface area (Å²) in [6.45, 7) is 1.46. The van der Waals surface area contributed by atoms with Crippen molar-refractivity contribution in [2.24, 2.45) is 0 Å².